The lowest BCUT2D eigenvalue weighted by atomic mass is 9.94. The molecular formula is C16H26N4O. The highest BCUT2D eigenvalue weighted by molar-refractivity contribution is 5.06. The van der Waals surface area contributed by atoms with Crippen LogP contribution in [-0.4, -0.2) is 20.8 Å². The fraction of sp³-hybridized carbons (Fsp3) is 0.625. The molecule has 1 N–H and O–H groups in total. The molecule has 0 radical (unpaired) electrons. The van der Waals surface area contributed by atoms with E-state index < -0.39 is 0 Å². The Morgan fingerprint density at radius 1 is 1.29 bits per heavy atom. The number of hydrogen-bond donors (Lipinski definition) is 1. The first kappa shape index (κ1) is 15.8. The summed E-state index contributed by atoms with van der Waals surface area (Å²) < 4.78 is 7.78. The Balaban J connectivity index is 1.92. The van der Waals surface area contributed by atoms with Crippen LogP contribution in [0.4, 0.5) is 0 Å². The number of aryl methyl sites for hydroxylation is 1. The van der Waals surface area contributed by atoms with E-state index in [-0.39, 0.29) is 17.5 Å². The van der Waals surface area contributed by atoms with Crippen LogP contribution >= 0.6 is 0 Å². The van der Waals surface area contributed by atoms with E-state index in [1.165, 1.54) is 5.56 Å². The second-order valence-corrected chi connectivity index (χ2v) is 6.78. The van der Waals surface area contributed by atoms with Crippen LogP contribution in [0.25, 0.3) is 0 Å². The van der Waals surface area contributed by atoms with Crippen molar-refractivity contribution in [2.75, 3.05) is 0 Å². The molecule has 0 bridgehead atoms. The quantitative estimate of drug-likeness (QED) is 0.918. The number of nitrogens with zero attached hydrogens (tertiary/aromatic N) is 3. The van der Waals surface area contributed by atoms with Gasteiger partial charge in [0.25, 0.3) is 0 Å². The maximum absolute atomic E-state index is 5.79. The number of nitrogens with one attached hydrogen (secondary N) is 1. The van der Waals surface area contributed by atoms with Crippen molar-refractivity contribution in [3.05, 3.63) is 35.8 Å². The van der Waals surface area contributed by atoms with E-state index in [2.05, 4.69) is 63.1 Å². The lowest BCUT2D eigenvalue weighted by Crippen LogP contribution is -2.33. The minimum atomic E-state index is -0.00323. The minimum absolute atomic E-state index is 0.00323. The van der Waals surface area contributed by atoms with Crippen molar-refractivity contribution in [2.24, 2.45) is 0 Å². The van der Waals surface area contributed by atoms with Crippen LogP contribution in [0.2, 0.25) is 0 Å². The summed E-state index contributed by atoms with van der Waals surface area (Å²) >= 11 is 0. The number of hydrogen-bond acceptors (Lipinski definition) is 4. The summed E-state index contributed by atoms with van der Waals surface area (Å²) in [6.07, 6.45) is 5.76. The summed E-state index contributed by atoms with van der Waals surface area (Å²) in [5.74, 6) is 1.65. The van der Waals surface area contributed by atoms with E-state index >= 15 is 0 Å². The van der Waals surface area contributed by atoms with E-state index in [9.17, 15) is 0 Å². The molecule has 2 heterocycles. The molecule has 0 aliphatic rings. The maximum atomic E-state index is 5.79. The maximum Gasteiger partial charge on any atom is 0.208 e. The van der Waals surface area contributed by atoms with Gasteiger partial charge in [-0.2, -0.15) is 5.10 Å². The molecule has 21 heavy (non-hydrogen) atoms. The van der Waals surface area contributed by atoms with Crippen molar-refractivity contribution >= 4 is 0 Å². The zero-order chi connectivity index (χ0) is 15.6. The van der Waals surface area contributed by atoms with Gasteiger partial charge in [0, 0.05) is 17.7 Å². The third-order valence-electron chi connectivity index (χ3n) is 3.74. The molecule has 0 aliphatic carbocycles. The molecule has 2 atom stereocenters. The highest BCUT2D eigenvalue weighted by Crippen LogP contribution is 2.22. The second-order valence-electron chi connectivity index (χ2n) is 6.78. The Hall–Kier alpha value is -1.62. The molecule has 2 rings (SSSR count). The lowest BCUT2D eigenvalue weighted by molar-refractivity contribution is 0.332. The van der Waals surface area contributed by atoms with E-state index in [0.717, 1.165) is 11.7 Å². The summed E-state index contributed by atoms with van der Waals surface area (Å²) in [5, 5.41) is 7.82. The molecule has 0 aromatic carbocycles. The van der Waals surface area contributed by atoms with Gasteiger partial charge in [0.05, 0.1) is 25.0 Å². The zero-order valence-corrected chi connectivity index (χ0v) is 13.8. The van der Waals surface area contributed by atoms with Crippen molar-refractivity contribution < 1.29 is 4.42 Å². The first-order chi connectivity index (χ1) is 9.77. The first-order valence-corrected chi connectivity index (χ1v) is 7.46. The van der Waals surface area contributed by atoms with Gasteiger partial charge in [0.2, 0.25) is 5.89 Å². The molecule has 2 aromatic heterocycles. The smallest absolute Gasteiger partial charge is 0.208 e. The molecule has 2 unspecified atom stereocenters. The van der Waals surface area contributed by atoms with Crippen molar-refractivity contribution in [3.63, 3.8) is 0 Å². The molecule has 0 amide bonds. The van der Waals surface area contributed by atoms with Crippen LogP contribution in [0.1, 0.15) is 57.9 Å². The number of oxazole rings is 1. The van der Waals surface area contributed by atoms with Gasteiger partial charge in [-0.25, -0.2) is 4.98 Å². The van der Waals surface area contributed by atoms with Crippen molar-refractivity contribution in [2.45, 2.75) is 65.6 Å². The number of rotatable bonds is 5. The predicted molar refractivity (Wildman–Crippen MR) is 83.2 cm³/mol. The zero-order valence-electron chi connectivity index (χ0n) is 13.8. The van der Waals surface area contributed by atoms with E-state index in [1.54, 1.807) is 0 Å². The van der Waals surface area contributed by atoms with Gasteiger partial charge in [-0.15, -0.1) is 0 Å². The van der Waals surface area contributed by atoms with Crippen LogP contribution in [0.15, 0.2) is 23.0 Å². The van der Waals surface area contributed by atoms with Gasteiger partial charge in [-0.1, -0.05) is 20.8 Å². The van der Waals surface area contributed by atoms with Crippen LogP contribution in [-0.2, 0) is 12.0 Å². The normalized spacial score (nSPS) is 15.1. The summed E-state index contributed by atoms with van der Waals surface area (Å²) in [6.45, 7) is 13.3. The molecule has 116 valence electrons. The highest BCUT2D eigenvalue weighted by Gasteiger charge is 2.20. The average molecular weight is 290 g/mol. The van der Waals surface area contributed by atoms with Crippen LogP contribution in [0, 0.1) is 6.92 Å². The van der Waals surface area contributed by atoms with Gasteiger partial charge in [0.15, 0.2) is 0 Å². The van der Waals surface area contributed by atoms with Gasteiger partial charge < -0.3 is 9.73 Å². The summed E-state index contributed by atoms with van der Waals surface area (Å²) in [7, 11) is 0. The summed E-state index contributed by atoms with van der Waals surface area (Å²) in [5.41, 5.74) is 1.17. The third kappa shape index (κ3) is 3.94. The summed E-state index contributed by atoms with van der Waals surface area (Å²) in [6, 6.07) is 0.546. The van der Waals surface area contributed by atoms with Crippen molar-refractivity contribution in [1.82, 2.24) is 20.1 Å². The third-order valence-corrected chi connectivity index (χ3v) is 3.74. The molecule has 0 saturated heterocycles. The number of aromatic nitrogens is 3. The minimum Gasteiger partial charge on any atom is -0.444 e. The molecule has 5 nitrogen and oxygen atoms in total. The average Bonchev–Trinajstić information content (AvgIpc) is 3.03. The first-order valence-electron chi connectivity index (χ1n) is 7.46. The predicted octanol–water partition coefficient (Wildman–Crippen LogP) is 3.22. The Kier molecular flexibility index (Phi) is 4.52. The Morgan fingerprint density at radius 2 is 2.00 bits per heavy atom. The van der Waals surface area contributed by atoms with Gasteiger partial charge in [-0.05, 0) is 26.3 Å². The highest BCUT2D eigenvalue weighted by atomic mass is 16.4. The van der Waals surface area contributed by atoms with Crippen LogP contribution in [0.5, 0.6) is 0 Å². The fourth-order valence-corrected chi connectivity index (χ4v) is 2.04. The molecular weight excluding hydrogens is 264 g/mol. The topological polar surface area (TPSA) is 55.9 Å². The molecule has 0 fully saturated rings. The van der Waals surface area contributed by atoms with Crippen molar-refractivity contribution in [3.8, 4) is 0 Å². The molecule has 2 aromatic rings. The second kappa shape index (κ2) is 6.02. The van der Waals surface area contributed by atoms with E-state index in [4.69, 9.17) is 4.42 Å². The van der Waals surface area contributed by atoms with Gasteiger partial charge in [-0.3, -0.25) is 4.68 Å². The SMILES string of the molecule is Cc1cnn(C(C)C(C)NCc2ncc(C(C)(C)C)o2)c1. The Bertz CT molecular complexity index is 579. The largest absolute Gasteiger partial charge is 0.444 e. The van der Waals surface area contributed by atoms with Crippen LogP contribution < -0.4 is 5.32 Å². The summed E-state index contributed by atoms with van der Waals surface area (Å²) in [4.78, 5) is 4.34. The van der Waals surface area contributed by atoms with E-state index in [0.29, 0.717) is 6.54 Å². The molecule has 0 saturated carbocycles. The van der Waals surface area contributed by atoms with Gasteiger partial charge >= 0.3 is 0 Å². The Labute approximate surface area is 126 Å². The molecule has 0 spiro atoms. The Morgan fingerprint density at radius 3 is 2.52 bits per heavy atom. The fourth-order valence-electron chi connectivity index (χ4n) is 2.04. The lowest BCUT2D eigenvalue weighted by Gasteiger charge is -2.21. The molecule has 5 heteroatoms. The van der Waals surface area contributed by atoms with Gasteiger partial charge in [0.1, 0.15) is 5.76 Å². The monoisotopic (exact) mass is 290 g/mol. The van der Waals surface area contributed by atoms with E-state index in [1.807, 2.05) is 17.1 Å². The van der Waals surface area contributed by atoms with Crippen molar-refractivity contribution in [1.29, 1.82) is 0 Å². The molecule has 0 aliphatic heterocycles. The van der Waals surface area contributed by atoms with Crippen LogP contribution in [0.3, 0.4) is 0 Å². The standard InChI is InChI=1S/C16H26N4O/c1-11-7-19-20(10-11)13(3)12(2)17-9-15-18-8-14(21-15)16(4,5)6/h7-8,10,12-13,17H,9H2,1-6H3.